The molecular weight excluding hydrogens is 485 g/mol. The summed E-state index contributed by atoms with van der Waals surface area (Å²) in [4.78, 5) is 0. The Bertz CT molecular complexity index is 1100. The molecule has 0 heterocycles. The van der Waals surface area contributed by atoms with Crippen LogP contribution in [-0.2, 0) is 25.8 Å². The van der Waals surface area contributed by atoms with Gasteiger partial charge in [0.2, 0.25) is 0 Å². The van der Waals surface area contributed by atoms with E-state index in [9.17, 15) is 0 Å². The van der Waals surface area contributed by atoms with Gasteiger partial charge in [-0.05, 0) is 13.8 Å². The van der Waals surface area contributed by atoms with Crippen molar-refractivity contribution in [2.75, 3.05) is 0 Å². The molecule has 186 valence electrons. The minimum Gasteiger partial charge on any atom is -0.331 e. The second-order valence-electron chi connectivity index (χ2n) is 11.9. The zero-order chi connectivity index (χ0) is 25.5. The largest absolute Gasteiger partial charge is 3.00 e. The van der Waals surface area contributed by atoms with E-state index in [1.165, 1.54) is 51.1 Å². The monoisotopic (exact) mass is 532 g/mol. The van der Waals surface area contributed by atoms with Crippen LogP contribution in [0.3, 0.4) is 0 Å². The van der Waals surface area contributed by atoms with E-state index < -0.39 is 16.1 Å². The first-order chi connectivity index (χ1) is 15.9. The summed E-state index contributed by atoms with van der Waals surface area (Å²) in [5, 5.41) is 6.50. The van der Waals surface area contributed by atoms with E-state index in [4.69, 9.17) is 0 Å². The Morgan fingerprint density at radius 1 is 0.714 bits per heavy atom. The molecule has 0 N–H and O–H groups in total. The van der Waals surface area contributed by atoms with Crippen molar-refractivity contribution in [2.24, 2.45) is 0 Å². The maximum atomic E-state index is 2.64. The average Bonchev–Trinajstić information content (AvgIpc) is 3.41. The zero-order valence-corrected chi connectivity index (χ0v) is 27.8. The summed E-state index contributed by atoms with van der Waals surface area (Å²) < 4.78 is 0. The van der Waals surface area contributed by atoms with Crippen LogP contribution >= 0.6 is 0 Å². The summed E-state index contributed by atoms with van der Waals surface area (Å²) in [6, 6.07) is 23.6. The smallest absolute Gasteiger partial charge is 0.331 e. The number of benzene rings is 2. The molecule has 0 radical (unpaired) electrons. The second-order valence-corrected chi connectivity index (χ2v) is 23.2. The predicted octanol–water partition coefficient (Wildman–Crippen LogP) is 10.6. The first-order valence-corrected chi connectivity index (χ1v) is 20.1. The van der Waals surface area contributed by atoms with Crippen LogP contribution in [0.5, 0.6) is 0 Å². The molecule has 35 heavy (non-hydrogen) atoms. The molecule has 0 aromatic heterocycles. The number of hydrogen-bond donors (Lipinski definition) is 0. The molecule has 0 amide bonds. The summed E-state index contributed by atoms with van der Waals surface area (Å²) in [5.41, 5.74) is 4.11. The molecule has 4 aromatic carbocycles. The first kappa shape index (κ1) is 32.0. The molecule has 0 aliphatic rings. The third kappa shape index (κ3) is 9.41. The summed E-state index contributed by atoms with van der Waals surface area (Å²) in [5.74, 6) is 0. The van der Waals surface area contributed by atoms with Gasteiger partial charge >= 0.3 is 25.8 Å². The summed E-state index contributed by atoms with van der Waals surface area (Å²) >= 11 is 0. The summed E-state index contributed by atoms with van der Waals surface area (Å²) in [6.45, 7) is 23.8. The third-order valence-electron chi connectivity index (χ3n) is 6.70. The van der Waals surface area contributed by atoms with E-state index in [0.29, 0.717) is 0 Å². The van der Waals surface area contributed by atoms with Crippen molar-refractivity contribution in [3.05, 3.63) is 89.8 Å². The Kier molecular flexibility index (Phi) is 12.8. The van der Waals surface area contributed by atoms with Crippen LogP contribution in [0.15, 0.2) is 66.7 Å². The van der Waals surface area contributed by atoms with Crippen molar-refractivity contribution in [1.29, 1.82) is 0 Å². The Hall–Kier alpha value is -1.04. The van der Waals surface area contributed by atoms with Crippen molar-refractivity contribution in [3.63, 3.8) is 0 Å². The molecule has 4 aromatic rings. The van der Waals surface area contributed by atoms with Gasteiger partial charge in [0.25, 0.3) is 0 Å². The average molecular weight is 533 g/mol. The molecule has 0 bridgehead atoms. The van der Waals surface area contributed by atoms with E-state index in [1.54, 1.807) is 0 Å². The molecule has 4 rings (SSSR count). The fourth-order valence-electron chi connectivity index (χ4n) is 5.20. The van der Waals surface area contributed by atoms with Crippen molar-refractivity contribution in [3.8, 4) is 0 Å². The molecule has 0 saturated carbocycles. The molecule has 0 nitrogen and oxygen atoms in total. The van der Waals surface area contributed by atoms with Gasteiger partial charge in [-0.1, -0.05) is 82.8 Å². The SMILES string of the molecule is CCC[CH-]C([Si](C)(C)C)[Si](C)(C)C.Cc1ccc(C)c2[cH-]ccc12.Cc1cccc2[cH-]ccc12.[Sc+3]. The van der Waals surface area contributed by atoms with Crippen LogP contribution in [0.1, 0.15) is 36.5 Å². The van der Waals surface area contributed by atoms with Gasteiger partial charge in [-0.15, -0.1) is 57.4 Å². The normalized spacial score (nSPS) is 11.5. The van der Waals surface area contributed by atoms with Gasteiger partial charge in [0.15, 0.2) is 0 Å². The van der Waals surface area contributed by atoms with Gasteiger partial charge in [0.1, 0.15) is 0 Å². The van der Waals surface area contributed by atoms with Gasteiger partial charge in [-0.3, -0.25) is 0 Å². The number of rotatable bonds is 5. The van der Waals surface area contributed by atoms with Gasteiger partial charge in [0, 0.05) is 16.1 Å². The van der Waals surface area contributed by atoms with Gasteiger partial charge in [-0.2, -0.15) is 35.9 Å². The van der Waals surface area contributed by atoms with E-state index in [-0.39, 0.29) is 25.8 Å². The Morgan fingerprint density at radius 3 is 1.80 bits per heavy atom. The minimum atomic E-state index is -0.953. The standard InChI is InChI=1S/C11H27Si2.C11H11.C10H9.Sc/c1-8-9-10-11(12(2,3)4)13(5,6)7;1-8-6-7-9(2)11-5-3-4-10(8)11;1-8-4-2-5-9-6-3-7-10(8)9;/h10-11H,8-9H2,1-7H3;3-7H,1-2H3;2-7H,1H3;/q3*-1;+3. The van der Waals surface area contributed by atoms with E-state index in [2.05, 4.69) is 140 Å². The predicted molar refractivity (Wildman–Crippen MR) is 163 cm³/mol. The minimum absolute atomic E-state index is 0. The van der Waals surface area contributed by atoms with Crippen LogP contribution in [0, 0.1) is 27.2 Å². The second kappa shape index (κ2) is 14.0. The molecule has 0 spiro atoms. The summed E-state index contributed by atoms with van der Waals surface area (Å²) in [7, 11) is -1.91. The van der Waals surface area contributed by atoms with Crippen molar-refractivity contribution in [2.45, 2.75) is 85.0 Å². The number of fused-ring (bicyclic) bond motifs is 2. The molecule has 0 fully saturated rings. The van der Waals surface area contributed by atoms with Crippen LogP contribution in [-0.4, -0.2) is 16.1 Å². The molecular formula is C32H47ScSi2. The number of unbranched alkanes of at least 4 members (excludes halogenated alkanes) is 1. The Morgan fingerprint density at radius 2 is 1.26 bits per heavy atom. The molecule has 3 heteroatoms. The van der Waals surface area contributed by atoms with Crippen molar-refractivity contribution in [1.82, 2.24) is 0 Å². The maximum Gasteiger partial charge on any atom is 3.00 e. The van der Waals surface area contributed by atoms with Gasteiger partial charge in [0.05, 0.1) is 0 Å². The fourth-order valence-corrected chi connectivity index (χ4v) is 17.3. The molecule has 0 aliphatic carbocycles. The molecule has 0 atom stereocenters. The Balaban J connectivity index is 0.000000260. The summed E-state index contributed by atoms with van der Waals surface area (Å²) in [6.07, 6.45) is 5.27. The topological polar surface area (TPSA) is 0 Å². The van der Waals surface area contributed by atoms with Gasteiger partial charge < -0.3 is 6.42 Å². The van der Waals surface area contributed by atoms with Crippen LogP contribution in [0.4, 0.5) is 0 Å². The molecule has 0 saturated heterocycles. The van der Waals surface area contributed by atoms with Crippen molar-refractivity contribution < 1.29 is 25.8 Å². The quantitative estimate of drug-likeness (QED) is 0.177. The van der Waals surface area contributed by atoms with Crippen LogP contribution < -0.4 is 0 Å². The molecule has 0 unspecified atom stereocenters. The third-order valence-corrected chi connectivity index (χ3v) is 16.1. The fraction of sp³-hybridized carbons (Fsp3) is 0.406. The van der Waals surface area contributed by atoms with Gasteiger partial charge in [-0.25, -0.2) is 0 Å². The van der Waals surface area contributed by atoms with Crippen LogP contribution in [0.25, 0.3) is 21.5 Å². The number of aryl methyl sites for hydroxylation is 3. The van der Waals surface area contributed by atoms with E-state index in [0.717, 1.165) is 5.16 Å². The maximum absolute atomic E-state index is 2.64. The zero-order valence-electron chi connectivity index (χ0n) is 24.0. The molecule has 0 aliphatic heterocycles. The Labute approximate surface area is 237 Å². The van der Waals surface area contributed by atoms with E-state index in [1.807, 2.05) is 0 Å². The number of hydrogen-bond acceptors (Lipinski definition) is 0. The van der Waals surface area contributed by atoms with Crippen molar-refractivity contribution >= 4 is 37.7 Å². The van der Waals surface area contributed by atoms with E-state index >= 15 is 0 Å². The van der Waals surface area contributed by atoms with Crippen LogP contribution in [0.2, 0.25) is 44.4 Å². The first-order valence-electron chi connectivity index (χ1n) is 12.9.